The zero-order valence-corrected chi connectivity index (χ0v) is 14.4. The van der Waals surface area contributed by atoms with Gasteiger partial charge in [0.05, 0.1) is 17.4 Å². The Hall–Kier alpha value is -2.08. The monoisotopic (exact) mass is 411 g/mol. The van der Waals surface area contributed by atoms with Gasteiger partial charge in [0.1, 0.15) is 12.7 Å². The lowest BCUT2D eigenvalue weighted by atomic mass is 9.92. The predicted molar refractivity (Wildman–Crippen MR) is 82.3 cm³/mol. The topological polar surface area (TPSA) is 85.1 Å². The fraction of sp³-hybridized carbons (Fsp3) is 0.467. The van der Waals surface area contributed by atoms with Crippen molar-refractivity contribution in [2.75, 3.05) is 0 Å². The average Bonchev–Trinajstić information content (AvgIpc) is 3.33. The van der Waals surface area contributed by atoms with E-state index in [0.717, 1.165) is 17.3 Å². The first-order valence-electron chi connectivity index (χ1n) is 7.73. The quantitative estimate of drug-likeness (QED) is 0.738. The lowest BCUT2D eigenvalue weighted by Crippen LogP contribution is -2.54. The summed E-state index contributed by atoms with van der Waals surface area (Å²) < 4.78 is 93.5. The zero-order chi connectivity index (χ0) is 20.1. The smallest absolute Gasteiger partial charge is 0.376 e. The van der Waals surface area contributed by atoms with Crippen LogP contribution in [-0.2, 0) is 28.2 Å². The van der Waals surface area contributed by atoms with E-state index in [1.165, 1.54) is 0 Å². The molecule has 1 aliphatic carbocycles. The summed E-state index contributed by atoms with van der Waals surface area (Å²) in [7, 11) is -5.08. The molecule has 0 radical (unpaired) electrons. The van der Waals surface area contributed by atoms with Crippen LogP contribution >= 0.6 is 0 Å². The molecule has 1 fully saturated rings. The number of sulfone groups is 1. The molecule has 0 spiro atoms. The molecular weight excluding hydrogens is 397 g/mol. The Labute approximate surface area is 150 Å². The average molecular weight is 411 g/mol. The Kier molecular flexibility index (Phi) is 4.54. The van der Waals surface area contributed by atoms with Crippen molar-refractivity contribution in [3.05, 3.63) is 48.0 Å². The zero-order valence-electron chi connectivity index (χ0n) is 13.6. The van der Waals surface area contributed by atoms with E-state index in [1.807, 2.05) is 0 Å². The summed E-state index contributed by atoms with van der Waals surface area (Å²) in [6.07, 6.45) is -2.69. The van der Waals surface area contributed by atoms with Gasteiger partial charge in [-0.05, 0) is 30.5 Å². The Morgan fingerprint density at radius 2 is 1.63 bits per heavy atom. The molecule has 6 nitrogen and oxygen atoms in total. The minimum absolute atomic E-state index is 0.0321. The van der Waals surface area contributed by atoms with Crippen molar-refractivity contribution in [1.29, 1.82) is 0 Å². The van der Waals surface area contributed by atoms with Gasteiger partial charge in [-0.2, -0.15) is 27.1 Å². The molecule has 1 N–H and O–H groups in total. The second-order valence-electron chi connectivity index (χ2n) is 6.29. The molecule has 1 aromatic carbocycles. The minimum Gasteiger partial charge on any atom is -0.376 e. The highest BCUT2D eigenvalue weighted by molar-refractivity contribution is 7.93. The number of halogens is 5. The minimum atomic E-state index is -5.08. The van der Waals surface area contributed by atoms with Gasteiger partial charge in [0.25, 0.3) is 0 Å². The molecule has 2 aromatic rings. The predicted octanol–water partition coefficient (Wildman–Crippen LogP) is 2.35. The van der Waals surface area contributed by atoms with E-state index in [4.69, 9.17) is 0 Å². The van der Waals surface area contributed by atoms with Crippen LogP contribution in [0, 0.1) is 0 Å². The van der Waals surface area contributed by atoms with Crippen molar-refractivity contribution in [1.82, 2.24) is 14.8 Å². The van der Waals surface area contributed by atoms with Crippen LogP contribution in [0.1, 0.15) is 24.0 Å². The fourth-order valence-electron chi connectivity index (χ4n) is 2.66. The van der Waals surface area contributed by atoms with E-state index in [9.17, 15) is 26.7 Å². The molecule has 27 heavy (non-hydrogen) atoms. The summed E-state index contributed by atoms with van der Waals surface area (Å²) in [6, 6.07) is 2.27. The van der Waals surface area contributed by atoms with E-state index in [0.29, 0.717) is 24.3 Å². The first-order valence-corrected chi connectivity index (χ1v) is 9.28. The Balaban J connectivity index is 2.10. The van der Waals surface area contributed by atoms with Crippen LogP contribution in [0.4, 0.5) is 22.0 Å². The molecule has 3 rings (SSSR count). The molecule has 12 heteroatoms. The van der Waals surface area contributed by atoms with E-state index < -0.39 is 49.8 Å². The number of nitrogens with zero attached hydrogens (tertiary/aromatic N) is 3. The van der Waals surface area contributed by atoms with Crippen molar-refractivity contribution in [3.8, 4) is 0 Å². The van der Waals surface area contributed by atoms with Crippen molar-refractivity contribution < 1.29 is 35.5 Å². The maximum Gasteiger partial charge on any atom is 0.416 e. The molecule has 1 heterocycles. The molecule has 0 bridgehead atoms. The number of alkyl halides is 5. The molecular formula is C15H14F5N3O3S. The number of aromatic nitrogens is 3. The molecule has 0 saturated heterocycles. The van der Waals surface area contributed by atoms with Crippen LogP contribution in [0.25, 0.3) is 0 Å². The Morgan fingerprint density at radius 3 is 2.07 bits per heavy atom. The van der Waals surface area contributed by atoms with E-state index in [2.05, 4.69) is 10.1 Å². The molecule has 1 atom stereocenters. The summed E-state index contributed by atoms with van der Waals surface area (Å²) in [5, 5.41) is 8.40. The SMILES string of the molecule is O=S(=O)(C1CC1)C(F)(F)C(O)(Cn1cncn1)c1ccc(C(F)(F)F)cc1. The van der Waals surface area contributed by atoms with Gasteiger partial charge < -0.3 is 5.11 Å². The summed E-state index contributed by atoms with van der Waals surface area (Å²) in [4.78, 5) is 3.54. The number of benzene rings is 1. The molecule has 1 saturated carbocycles. The van der Waals surface area contributed by atoms with Gasteiger partial charge in [0, 0.05) is 0 Å². The van der Waals surface area contributed by atoms with Crippen LogP contribution in [0.15, 0.2) is 36.9 Å². The first-order chi connectivity index (χ1) is 12.4. The van der Waals surface area contributed by atoms with Gasteiger partial charge in [-0.25, -0.2) is 18.1 Å². The van der Waals surface area contributed by atoms with Crippen LogP contribution in [0.3, 0.4) is 0 Å². The van der Waals surface area contributed by atoms with E-state index in [-0.39, 0.29) is 12.8 Å². The molecule has 1 aromatic heterocycles. The first kappa shape index (κ1) is 19.7. The fourth-order valence-corrected chi connectivity index (χ4v) is 4.49. The Morgan fingerprint density at radius 1 is 1.07 bits per heavy atom. The van der Waals surface area contributed by atoms with Gasteiger partial charge >= 0.3 is 11.4 Å². The second-order valence-corrected chi connectivity index (χ2v) is 8.56. The number of hydrogen-bond acceptors (Lipinski definition) is 5. The van der Waals surface area contributed by atoms with Crippen LogP contribution in [0.2, 0.25) is 0 Å². The summed E-state index contributed by atoms with van der Waals surface area (Å²) in [6.45, 7) is -1.02. The number of aliphatic hydroxyl groups is 1. The largest absolute Gasteiger partial charge is 0.416 e. The van der Waals surface area contributed by atoms with Crippen LogP contribution in [-0.4, -0.2) is 38.8 Å². The highest BCUT2D eigenvalue weighted by Gasteiger charge is 2.66. The lowest BCUT2D eigenvalue weighted by Gasteiger charge is -2.35. The molecule has 1 unspecified atom stereocenters. The van der Waals surface area contributed by atoms with Crippen molar-refractivity contribution in [2.24, 2.45) is 0 Å². The number of rotatable bonds is 6. The molecule has 0 aliphatic heterocycles. The summed E-state index contributed by atoms with van der Waals surface area (Å²) >= 11 is 0. The summed E-state index contributed by atoms with van der Waals surface area (Å²) in [5.74, 6) is 0. The lowest BCUT2D eigenvalue weighted by molar-refractivity contribution is -0.144. The standard InChI is InChI=1S/C15H14F5N3O3S/c16-14(17,18)11-3-1-10(2-4-11)13(24,7-23-9-21-8-22-23)15(19,20)27(25,26)12-5-6-12/h1-4,8-9,12,24H,5-7H2. The third-order valence-corrected chi connectivity index (χ3v) is 6.75. The third kappa shape index (κ3) is 3.31. The van der Waals surface area contributed by atoms with Gasteiger partial charge in [-0.15, -0.1) is 0 Å². The highest BCUT2D eigenvalue weighted by Crippen LogP contribution is 2.48. The van der Waals surface area contributed by atoms with Crippen LogP contribution in [0.5, 0.6) is 0 Å². The van der Waals surface area contributed by atoms with Crippen molar-refractivity contribution in [3.63, 3.8) is 0 Å². The molecule has 1 aliphatic rings. The summed E-state index contributed by atoms with van der Waals surface area (Å²) in [5.41, 5.74) is -5.14. The second kappa shape index (κ2) is 6.23. The van der Waals surface area contributed by atoms with Gasteiger partial charge in [-0.3, -0.25) is 0 Å². The maximum atomic E-state index is 15.0. The van der Waals surface area contributed by atoms with Gasteiger partial charge in [0.2, 0.25) is 9.84 Å². The van der Waals surface area contributed by atoms with Crippen molar-refractivity contribution in [2.45, 2.75) is 41.7 Å². The van der Waals surface area contributed by atoms with Crippen LogP contribution < -0.4 is 0 Å². The van der Waals surface area contributed by atoms with E-state index >= 15 is 8.78 Å². The van der Waals surface area contributed by atoms with E-state index in [1.54, 1.807) is 0 Å². The van der Waals surface area contributed by atoms with Gasteiger partial charge in [-0.1, -0.05) is 12.1 Å². The van der Waals surface area contributed by atoms with Gasteiger partial charge in [0.15, 0.2) is 5.60 Å². The van der Waals surface area contributed by atoms with Crippen molar-refractivity contribution >= 4 is 9.84 Å². The highest BCUT2D eigenvalue weighted by atomic mass is 32.2. The molecule has 0 amide bonds. The normalized spacial score (nSPS) is 18.3. The maximum absolute atomic E-state index is 15.0. The number of hydrogen-bond donors (Lipinski definition) is 1. The molecule has 148 valence electrons. The Bertz CT molecular complexity index is 909. The third-order valence-electron chi connectivity index (χ3n) is 4.35.